The number of carbonyl (C=O) groups is 1. The Hall–Kier alpha value is -1.82. The van der Waals surface area contributed by atoms with Crippen molar-refractivity contribution in [2.45, 2.75) is 12.8 Å². The molecule has 1 heterocycles. The van der Waals surface area contributed by atoms with Gasteiger partial charge in [0.25, 0.3) is 5.91 Å². The summed E-state index contributed by atoms with van der Waals surface area (Å²) in [6, 6.07) is 3.97. The lowest BCUT2D eigenvalue weighted by Crippen LogP contribution is -2.41. The first-order chi connectivity index (χ1) is 8.99. The number of piperidine rings is 1. The maximum absolute atomic E-state index is 12.2. The van der Waals surface area contributed by atoms with Crippen LogP contribution in [0, 0.1) is 5.92 Å². The molecule has 1 aromatic rings. The van der Waals surface area contributed by atoms with E-state index in [0.717, 1.165) is 18.9 Å². The van der Waals surface area contributed by atoms with Crippen LogP contribution >= 0.6 is 12.2 Å². The number of aromatic hydroxyl groups is 2. The average Bonchev–Trinajstić information content (AvgIpc) is 2.38. The van der Waals surface area contributed by atoms with Crippen molar-refractivity contribution in [1.29, 1.82) is 0 Å². The fraction of sp³-hybridized carbons (Fsp3) is 0.385. The van der Waals surface area contributed by atoms with E-state index in [1.165, 1.54) is 12.1 Å². The number of nitrogens with zero attached hydrogens (tertiary/aromatic N) is 1. The van der Waals surface area contributed by atoms with Gasteiger partial charge in [-0.3, -0.25) is 4.79 Å². The largest absolute Gasteiger partial charge is 0.508 e. The van der Waals surface area contributed by atoms with Gasteiger partial charge in [-0.05, 0) is 25.0 Å². The van der Waals surface area contributed by atoms with Gasteiger partial charge in [0.15, 0.2) is 0 Å². The van der Waals surface area contributed by atoms with Gasteiger partial charge >= 0.3 is 0 Å². The van der Waals surface area contributed by atoms with E-state index in [4.69, 9.17) is 18.0 Å². The van der Waals surface area contributed by atoms with Gasteiger partial charge in [-0.1, -0.05) is 12.2 Å². The lowest BCUT2D eigenvalue weighted by Gasteiger charge is -2.31. The van der Waals surface area contributed by atoms with Gasteiger partial charge < -0.3 is 20.8 Å². The lowest BCUT2D eigenvalue weighted by atomic mass is 9.96. The standard InChI is InChI=1S/C13H16N2O3S/c14-12(19)8-3-5-15(6-4-8)13(18)10-2-1-9(16)7-11(10)17/h1-2,7-8,16-17H,3-6H2,(H2,14,19). The summed E-state index contributed by atoms with van der Waals surface area (Å²) in [5.74, 6) is -0.325. The Labute approximate surface area is 116 Å². The lowest BCUT2D eigenvalue weighted by molar-refractivity contribution is 0.0707. The molecule has 0 atom stereocenters. The van der Waals surface area contributed by atoms with Gasteiger partial charge in [-0.15, -0.1) is 0 Å². The van der Waals surface area contributed by atoms with Gasteiger partial charge in [0.2, 0.25) is 0 Å². The summed E-state index contributed by atoms with van der Waals surface area (Å²) in [6.07, 6.45) is 1.50. The predicted octanol–water partition coefficient (Wildman–Crippen LogP) is 1.24. The second-order valence-electron chi connectivity index (χ2n) is 4.67. The van der Waals surface area contributed by atoms with Gasteiger partial charge in [0, 0.05) is 25.1 Å². The molecule has 19 heavy (non-hydrogen) atoms. The fourth-order valence-corrected chi connectivity index (χ4v) is 2.47. The number of likely N-dealkylation sites (tertiary alicyclic amines) is 1. The van der Waals surface area contributed by atoms with Crippen LogP contribution < -0.4 is 5.73 Å². The van der Waals surface area contributed by atoms with Crippen LogP contribution in [-0.4, -0.2) is 39.1 Å². The molecular weight excluding hydrogens is 264 g/mol. The van der Waals surface area contributed by atoms with E-state index in [0.29, 0.717) is 18.1 Å². The summed E-state index contributed by atoms with van der Waals surface area (Å²) < 4.78 is 0. The minimum absolute atomic E-state index is 0.0683. The van der Waals surface area contributed by atoms with Crippen LogP contribution in [0.25, 0.3) is 0 Å². The normalized spacial score (nSPS) is 16.3. The van der Waals surface area contributed by atoms with Gasteiger partial charge in [0.05, 0.1) is 10.6 Å². The number of amides is 1. The Morgan fingerprint density at radius 3 is 2.47 bits per heavy atom. The molecule has 102 valence electrons. The number of carbonyl (C=O) groups excluding carboxylic acids is 1. The fourth-order valence-electron chi connectivity index (χ4n) is 2.24. The summed E-state index contributed by atoms with van der Waals surface area (Å²) in [4.78, 5) is 14.4. The van der Waals surface area contributed by atoms with Crippen molar-refractivity contribution in [3.8, 4) is 11.5 Å². The molecule has 4 N–H and O–H groups in total. The van der Waals surface area contributed by atoms with E-state index in [9.17, 15) is 15.0 Å². The predicted molar refractivity (Wildman–Crippen MR) is 75.2 cm³/mol. The maximum Gasteiger partial charge on any atom is 0.257 e. The quantitative estimate of drug-likeness (QED) is 0.709. The Bertz CT molecular complexity index is 511. The van der Waals surface area contributed by atoms with Crippen LogP contribution in [-0.2, 0) is 0 Å². The smallest absolute Gasteiger partial charge is 0.257 e. The highest BCUT2D eigenvalue weighted by molar-refractivity contribution is 7.80. The third-order valence-corrected chi connectivity index (χ3v) is 3.73. The molecule has 0 aromatic heterocycles. The molecule has 0 unspecified atom stereocenters. The van der Waals surface area contributed by atoms with Crippen molar-refractivity contribution in [1.82, 2.24) is 4.90 Å². The van der Waals surface area contributed by atoms with E-state index in [1.54, 1.807) is 4.90 Å². The number of nitrogens with two attached hydrogens (primary N) is 1. The third kappa shape index (κ3) is 2.96. The molecule has 0 bridgehead atoms. The first-order valence-corrected chi connectivity index (χ1v) is 6.50. The summed E-state index contributed by atoms with van der Waals surface area (Å²) in [6.45, 7) is 1.14. The molecule has 1 aliphatic rings. The number of hydrogen-bond donors (Lipinski definition) is 3. The van der Waals surface area contributed by atoms with Crippen LogP contribution in [0.3, 0.4) is 0 Å². The molecule has 0 saturated carbocycles. The Balaban J connectivity index is 2.07. The summed E-state index contributed by atoms with van der Waals surface area (Å²) >= 11 is 4.95. The third-order valence-electron chi connectivity index (χ3n) is 3.40. The SMILES string of the molecule is NC(=S)C1CCN(C(=O)c2ccc(O)cc2O)CC1. The molecular formula is C13H16N2O3S. The molecule has 1 saturated heterocycles. The molecule has 0 radical (unpaired) electrons. The molecule has 0 aliphatic carbocycles. The first kappa shape index (κ1) is 13.6. The zero-order chi connectivity index (χ0) is 14.0. The minimum atomic E-state index is -0.237. The summed E-state index contributed by atoms with van der Waals surface area (Å²) in [5.41, 5.74) is 5.80. The molecule has 6 heteroatoms. The summed E-state index contributed by atoms with van der Waals surface area (Å²) in [7, 11) is 0. The second kappa shape index (κ2) is 5.44. The van der Waals surface area contributed by atoms with Gasteiger partial charge in [0.1, 0.15) is 11.5 Å². The van der Waals surface area contributed by atoms with Crippen LogP contribution in [0.15, 0.2) is 18.2 Å². The average molecular weight is 280 g/mol. The molecule has 1 aromatic carbocycles. The van der Waals surface area contributed by atoms with Crippen LogP contribution in [0.1, 0.15) is 23.2 Å². The van der Waals surface area contributed by atoms with E-state index in [1.807, 2.05) is 0 Å². The van der Waals surface area contributed by atoms with Crippen molar-refractivity contribution < 1.29 is 15.0 Å². The summed E-state index contributed by atoms with van der Waals surface area (Å²) in [5, 5.41) is 18.9. The number of rotatable bonds is 2. The second-order valence-corrected chi connectivity index (χ2v) is 5.14. The highest BCUT2D eigenvalue weighted by Gasteiger charge is 2.26. The Kier molecular flexibility index (Phi) is 3.90. The highest BCUT2D eigenvalue weighted by Crippen LogP contribution is 2.26. The topological polar surface area (TPSA) is 86.8 Å². The zero-order valence-electron chi connectivity index (χ0n) is 10.4. The van der Waals surface area contributed by atoms with Crippen molar-refractivity contribution in [3.05, 3.63) is 23.8 Å². The van der Waals surface area contributed by atoms with E-state index in [2.05, 4.69) is 0 Å². The molecule has 1 amide bonds. The Morgan fingerprint density at radius 2 is 1.95 bits per heavy atom. The first-order valence-electron chi connectivity index (χ1n) is 6.09. The number of benzene rings is 1. The van der Waals surface area contributed by atoms with Crippen molar-refractivity contribution in [2.24, 2.45) is 11.7 Å². The highest BCUT2D eigenvalue weighted by atomic mass is 32.1. The van der Waals surface area contributed by atoms with Crippen molar-refractivity contribution in [3.63, 3.8) is 0 Å². The molecule has 5 nitrogen and oxygen atoms in total. The number of thiocarbonyl (C=S) groups is 1. The van der Waals surface area contributed by atoms with E-state index in [-0.39, 0.29) is 28.9 Å². The van der Waals surface area contributed by atoms with Crippen LogP contribution in [0.4, 0.5) is 0 Å². The molecule has 1 fully saturated rings. The monoisotopic (exact) mass is 280 g/mol. The van der Waals surface area contributed by atoms with Crippen LogP contribution in [0.2, 0.25) is 0 Å². The number of phenolic OH excluding ortho intramolecular Hbond substituents is 2. The van der Waals surface area contributed by atoms with Crippen molar-refractivity contribution in [2.75, 3.05) is 13.1 Å². The van der Waals surface area contributed by atoms with Crippen molar-refractivity contribution >= 4 is 23.1 Å². The number of phenols is 2. The minimum Gasteiger partial charge on any atom is -0.508 e. The molecule has 1 aliphatic heterocycles. The maximum atomic E-state index is 12.2. The van der Waals surface area contributed by atoms with Crippen LogP contribution in [0.5, 0.6) is 11.5 Å². The Morgan fingerprint density at radius 1 is 1.32 bits per heavy atom. The zero-order valence-corrected chi connectivity index (χ0v) is 11.2. The molecule has 0 spiro atoms. The van der Waals surface area contributed by atoms with E-state index >= 15 is 0 Å². The van der Waals surface area contributed by atoms with Gasteiger partial charge in [-0.2, -0.15) is 0 Å². The number of hydrogen-bond acceptors (Lipinski definition) is 4. The van der Waals surface area contributed by atoms with Gasteiger partial charge in [-0.25, -0.2) is 0 Å². The van der Waals surface area contributed by atoms with E-state index < -0.39 is 0 Å². The molecule has 2 rings (SSSR count).